The van der Waals surface area contributed by atoms with Gasteiger partial charge in [0.1, 0.15) is 0 Å². The van der Waals surface area contributed by atoms with Gasteiger partial charge in [-0.15, -0.1) is 80.2 Å². The fraction of sp³-hybridized carbons (Fsp3) is 0.130. The van der Waals surface area contributed by atoms with Gasteiger partial charge < -0.3 is 14.9 Å². The molecule has 0 aliphatic carbocycles. The van der Waals surface area contributed by atoms with Crippen LogP contribution in [0, 0.1) is 14.9 Å². The number of rotatable bonds is 6. The molecule has 0 nitrogen and oxygen atoms in total. The van der Waals surface area contributed by atoms with Crippen molar-refractivity contribution in [2.24, 2.45) is 0 Å². The van der Waals surface area contributed by atoms with E-state index in [1.807, 2.05) is 0 Å². The third kappa shape index (κ3) is 5.48. The summed E-state index contributed by atoms with van der Waals surface area (Å²) >= 11 is 0. The van der Waals surface area contributed by atoms with Crippen molar-refractivity contribution >= 4 is 61.5 Å². The molecule has 0 saturated carbocycles. The first kappa shape index (κ1) is 35.5. The molecule has 8 aromatic rings. The van der Waals surface area contributed by atoms with Crippen LogP contribution in [0.3, 0.4) is 0 Å². The van der Waals surface area contributed by atoms with Crippen molar-refractivity contribution < 1.29 is 26.2 Å². The summed E-state index contributed by atoms with van der Waals surface area (Å²) in [6, 6.07) is 50.4. The van der Waals surface area contributed by atoms with Crippen LogP contribution in [0.1, 0.15) is 25.0 Å². The maximum absolute atomic E-state index is 2.58. The Morgan fingerprint density at radius 2 is 0.854 bits per heavy atom. The van der Waals surface area contributed by atoms with E-state index in [1.54, 1.807) is 0 Å². The van der Waals surface area contributed by atoms with Crippen molar-refractivity contribution in [3.8, 4) is 22.3 Å². The first-order valence-corrected chi connectivity index (χ1v) is 19.4. The normalized spacial score (nSPS) is 11.4. The van der Waals surface area contributed by atoms with Gasteiger partial charge in [0.2, 0.25) is 0 Å². The molecular formula is C46H44SiZr. The average Bonchev–Trinajstić information content (AvgIpc) is 3.66. The SMILES string of the molecule is CCc1[cH-]c2cccc([Si](C)(C)c3cccc4[cH-]c(CC)c(-c5cccc6ccccc56)c34)c2c1-c1cccc2ccccc12.[CH3-].[CH3-].[Zr+4]. The van der Waals surface area contributed by atoms with E-state index in [1.165, 1.54) is 86.8 Å². The number of hydrogen-bond acceptors (Lipinski definition) is 0. The van der Waals surface area contributed by atoms with E-state index >= 15 is 0 Å². The third-order valence-corrected chi connectivity index (χ3v) is 13.7. The zero-order valence-electron chi connectivity index (χ0n) is 29.1. The van der Waals surface area contributed by atoms with Crippen LogP contribution in [0.2, 0.25) is 13.1 Å². The summed E-state index contributed by atoms with van der Waals surface area (Å²) in [5.41, 5.74) is 8.45. The minimum atomic E-state index is -2.25. The Morgan fingerprint density at radius 1 is 0.479 bits per heavy atom. The quantitative estimate of drug-likeness (QED) is 0.119. The maximum Gasteiger partial charge on any atom is 4.00 e. The molecule has 8 rings (SSSR count). The molecule has 0 aliphatic heterocycles. The zero-order chi connectivity index (χ0) is 30.7. The smallest absolute Gasteiger partial charge is 0.358 e. The van der Waals surface area contributed by atoms with Gasteiger partial charge in [-0.1, -0.05) is 146 Å². The predicted octanol–water partition coefficient (Wildman–Crippen LogP) is 11.9. The Labute approximate surface area is 307 Å². The fourth-order valence-corrected chi connectivity index (χ4v) is 11.1. The van der Waals surface area contributed by atoms with Gasteiger partial charge >= 0.3 is 26.2 Å². The molecule has 0 fully saturated rings. The second-order valence-corrected chi connectivity index (χ2v) is 17.3. The summed E-state index contributed by atoms with van der Waals surface area (Å²) in [4.78, 5) is 0. The minimum absolute atomic E-state index is 0. The molecule has 0 unspecified atom stereocenters. The van der Waals surface area contributed by atoms with Crippen molar-refractivity contribution in [1.82, 2.24) is 0 Å². The summed E-state index contributed by atoms with van der Waals surface area (Å²) in [6.45, 7) is 9.76. The summed E-state index contributed by atoms with van der Waals surface area (Å²) in [6.07, 6.45) is 2.02. The molecule has 0 saturated heterocycles. The Balaban J connectivity index is 0.00000150. The molecule has 8 aromatic carbocycles. The van der Waals surface area contributed by atoms with Crippen molar-refractivity contribution in [2.75, 3.05) is 0 Å². The van der Waals surface area contributed by atoms with Crippen LogP contribution in [-0.4, -0.2) is 8.07 Å². The van der Waals surface area contributed by atoms with Gasteiger partial charge in [0.15, 0.2) is 0 Å². The fourth-order valence-electron chi connectivity index (χ4n) is 8.03. The maximum atomic E-state index is 2.58. The molecule has 2 heteroatoms. The van der Waals surface area contributed by atoms with E-state index in [0.717, 1.165) is 12.8 Å². The van der Waals surface area contributed by atoms with Gasteiger partial charge in [-0.25, -0.2) is 0 Å². The van der Waals surface area contributed by atoms with Gasteiger partial charge in [-0.2, -0.15) is 0 Å². The van der Waals surface area contributed by atoms with Gasteiger partial charge in [0.05, 0.1) is 8.07 Å². The molecule has 48 heavy (non-hydrogen) atoms. The van der Waals surface area contributed by atoms with Crippen LogP contribution in [0.25, 0.3) is 65.3 Å². The summed E-state index contributed by atoms with van der Waals surface area (Å²) in [7, 11) is -2.25. The topological polar surface area (TPSA) is 0 Å². The number of benzene rings is 6. The van der Waals surface area contributed by atoms with Crippen LogP contribution >= 0.6 is 0 Å². The van der Waals surface area contributed by atoms with E-state index in [4.69, 9.17) is 0 Å². The molecule has 236 valence electrons. The van der Waals surface area contributed by atoms with Crippen LogP contribution in [0.15, 0.2) is 133 Å². The summed E-state index contributed by atoms with van der Waals surface area (Å²) < 4.78 is 0. The van der Waals surface area contributed by atoms with Gasteiger partial charge in [0, 0.05) is 0 Å². The van der Waals surface area contributed by atoms with E-state index in [-0.39, 0.29) is 41.1 Å². The van der Waals surface area contributed by atoms with Crippen molar-refractivity contribution in [3.63, 3.8) is 0 Å². The van der Waals surface area contributed by atoms with Crippen molar-refractivity contribution in [2.45, 2.75) is 39.8 Å². The van der Waals surface area contributed by atoms with Crippen LogP contribution in [-0.2, 0) is 39.0 Å². The van der Waals surface area contributed by atoms with Gasteiger partial charge in [-0.3, -0.25) is 0 Å². The van der Waals surface area contributed by atoms with Crippen molar-refractivity contribution in [3.05, 3.63) is 159 Å². The first-order chi connectivity index (χ1) is 22.0. The molecule has 0 N–H and O–H groups in total. The second kappa shape index (κ2) is 13.9. The summed E-state index contributed by atoms with van der Waals surface area (Å²) in [5.74, 6) is 0. The molecule has 0 atom stereocenters. The number of hydrogen-bond donors (Lipinski definition) is 0. The minimum Gasteiger partial charge on any atom is -0.358 e. The Bertz CT molecular complexity index is 2200. The largest absolute Gasteiger partial charge is 4.00 e. The van der Waals surface area contributed by atoms with Crippen molar-refractivity contribution in [1.29, 1.82) is 0 Å². The molecule has 0 radical (unpaired) electrons. The van der Waals surface area contributed by atoms with E-state index in [9.17, 15) is 0 Å². The molecule has 0 bridgehead atoms. The Morgan fingerprint density at radius 3 is 1.27 bits per heavy atom. The first-order valence-electron chi connectivity index (χ1n) is 16.4. The Hall–Kier alpha value is -3.84. The number of aryl methyl sites for hydroxylation is 2. The molecule has 0 heterocycles. The number of fused-ring (bicyclic) bond motifs is 4. The standard InChI is InChI=1S/C44H38Si.2CH3.Zr/c1-5-29-27-33-19-13-25-39(43(33)41(29)37-23-11-17-31-15-7-9-21-35(31)37)45(3,4)40-26-14-20-34-28-30(6-2)42(44(34)40)38-24-12-18-32-16-8-10-22-36(32)38;;;/h7-28H,5-6H2,1-4H3;2*1H3;/q-2;2*-1;+4. The molecule has 0 spiro atoms. The molecular weight excluding hydrogens is 672 g/mol. The summed E-state index contributed by atoms with van der Waals surface area (Å²) in [5, 5.41) is 14.0. The Kier molecular flexibility index (Phi) is 10.3. The van der Waals surface area contributed by atoms with Gasteiger partial charge in [0.25, 0.3) is 0 Å². The molecule has 0 amide bonds. The predicted molar refractivity (Wildman–Crippen MR) is 213 cm³/mol. The van der Waals surface area contributed by atoms with Crippen LogP contribution in [0.4, 0.5) is 0 Å². The zero-order valence-corrected chi connectivity index (χ0v) is 32.6. The molecule has 0 aromatic heterocycles. The van der Waals surface area contributed by atoms with Crippen LogP contribution < -0.4 is 10.4 Å². The van der Waals surface area contributed by atoms with E-state index < -0.39 is 8.07 Å². The average molecular weight is 716 g/mol. The monoisotopic (exact) mass is 714 g/mol. The van der Waals surface area contributed by atoms with E-state index in [0.29, 0.717) is 0 Å². The van der Waals surface area contributed by atoms with Gasteiger partial charge in [-0.05, 0) is 34.4 Å². The third-order valence-electron chi connectivity index (χ3n) is 10.2. The van der Waals surface area contributed by atoms with Crippen LogP contribution in [0.5, 0.6) is 0 Å². The van der Waals surface area contributed by atoms with E-state index in [2.05, 4.69) is 160 Å². The molecule has 0 aliphatic rings. The second-order valence-electron chi connectivity index (χ2n) is 13.0.